The van der Waals surface area contributed by atoms with E-state index in [-0.39, 0.29) is 22.6 Å². The number of carbonyl (C=O) groups excluding carboxylic acids is 1. The van der Waals surface area contributed by atoms with Crippen molar-refractivity contribution in [2.75, 3.05) is 24.7 Å². The number of hydrogen-bond donors (Lipinski definition) is 1. The number of nitrogens with zero attached hydrogens (tertiary/aromatic N) is 4. The third-order valence-electron chi connectivity index (χ3n) is 6.96. The summed E-state index contributed by atoms with van der Waals surface area (Å²) in [6.07, 6.45) is 3.64. The average molecular weight is 554 g/mol. The van der Waals surface area contributed by atoms with Crippen LogP contribution in [0.15, 0.2) is 58.6 Å². The summed E-state index contributed by atoms with van der Waals surface area (Å²) in [7, 11) is -1.93. The second-order valence-electron chi connectivity index (χ2n) is 9.43. The van der Waals surface area contributed by atoms with Crippen molar-refractivity contribution >= 4 is 49.9 Å². The Bertz CT molecular complexity index is 1580. The van der Waals surface area contributed by atoms with Gasteiger partial charge in [0.1, 0.15) is 5.75 Å². The van der Waals surface area contributed by atoms with Gasteiger partial charge in [0.05, 0.1) is 23.3 Å². The van der Waals surface area contributed by atoms with Gasteiger partial charge >= 0.3 is 0 Å². The molecule has 0 aliphatic carbocycles. The van der Waals surface area contributed by atoms with Crippen LogP contribution < -0.4 is 10.1 Å². The van der Waals surface area contributed by atoms with Crippen LogP contribution >= 0.6 is 11.8 Å². The molecule has 200 valence electrons. The minimum absolute atomic E-state index is 0.0429. The normalized spacial score (nSPS) is 16.7. The fraction of sp³-hybridized carbons (Fsp3) is 0.370. The maximum absolute atomic E-state index is 13.2. The van der Waals surface area contributed by atoms with Crippen LogP contribution in [-0.2, 0) is 14.8 Å². The van der Waals surface area contributed by atoms with Crippen molar-refractivity contribution in [3.05, 3.63) is 54.1 Å². The standard InChI is InChI=1S/C27H31N5O4S2/c1-4-21-7-5-6-14-31(21)38(34,35)23-11-8-20(9-12-23)28-25(33)17-37-27-30-29-26-18(2)15-19-16-22(36-3)10-13-24(19)32(26)27/h8-13,15-16,21H,4-7,14,17H2,1-3H3,(H,28,33)/t21-/m1/s1. The quantitative estimate of drug-likeness (QED) is 0.310. The number of sulfonamides is 1. The fourth-order valence-electron chi connectivity index (χ4n) is 4.98. The molecule has 0 unspecified atom stereocenters. The third kappa shape index (κ3) is 5.10. The van der Waals surface area contributed by atoms with Gasteiger partial charge in [-0.2, -0.15) is 4.31 Å². The van der Waals surface area contributed by atoms with Gasteiger partial charge < -0.3 is 10.1 Å². The minimum atomic E-state index is -3.56. The summed E-state index contributed by atoms with van der Waals surface area (Å²) < 4.78 is 35.3. The molecule has 4 aromatic rings. The Morgan fingerprint density at radius 2 is 1.92 bits per heavy atom. The SMILES string of the molecule is CC[C@@H]1CCCCN1S(=O)(=O)c1ccc(NC(=O)CSc2nnc3c(C)cc4cc(OC)ccc4n23)cc1. The summed E-state index contributed by atoms with van der Waals surface area (Å²) in [5, 5.41) is 13.1. The number of nitrogens with one attached hydrogen (secondary N) is 1. The highest BCUT2D eigenvalue weighted by atomic mass is 32.2. The number of aryl methyl sites for hydroxylation is 1. The molecular weight excluding hydrogens is 522 g/mol. The molecule has 11 heteroatoms. The zero-order chi connectivity index (χ0) is 26.9. The maximum Gasteiger partial charge on any atom is 0.243 e. The van der Waals surface area contributed by atoms with Crippen LogP contribution in [0.4, 0.5) is 5.69 Å². The number of fused-ring (bicyclic) bond motifs is 3. The Balaban J connectivity index is 1.28. The second kappa shape index (κ2) is 10.9. The van der Waals surface area contributed by atoms with E-state index in [1.807, 2.05) is 42.5 Å². The smallest absolute Gasteiger partial charge is 0.243 e. The van der Waals surface area contributed by atoms with Crippen LogP contribution in [0, 0.1) is 6.92 Å². The molecule has 38 heavy (non-hydrogen) atoms. The Morgan fingerprint density at radius 1 is 1.13 bits per heavy atom. The van der Waals surface area contributed by atoms with Crippen LogP contribution in [0.1, 0.15) is 38.2 Å². The van der Waals surface area contributed by atoms with Gasteiger partial charge in [0.2, 0.25) is 15.9 Å². The summed E-state index contributed by atoms with van der Waals surface area (Å²) in [6, 6.07) is 14.3. The number of rotatable bonds is 8. The predicted molar refractivity (Wildman–Crippen MR) is 149 cm³/mol. The number of amides is 1. The van der Waals surface area contributed by atoms with E-state index in [0.29, 0.717) is 17.4 Å². The molecular formula is C27H31N5O4S2. The lowest BCUT2D eigenvalue weighted by molar-refractivity contribution is -0.113. The van der Waals surface area contributed by atoms with Crippen molar-refractivity contribution in [1.29, 1.82) is 0 Å². The van der Waals surface area contributed by atoms with Gasteiger partial charge in [-0.15, -0.1) is 10.2 Å². The predicted octanol–water partition coefficient (Wildman–Crippen LogP) is 4.88. The molecule has 0 spiro atoms. The molecule has 2 aromatic carbocycles. The minimum Gasteiger partial charge on any atom is -0.497 e. The number of carbonyl (C=O) groups is 1. The van der Waals surface area contributed by atoms with Crippen LogP contribution in [0.5, 0.6) is 5.75 Å². The molecule has 1 aliphatic heterocycles. The fourth-order valence-corrected chi connectivity index (χ4v) is 7.50. The first kappa shape index (κ1) is 26.5. The molecule has 9 nitrogen and oxygen atoms in total. The van der Waals surface area contributed by atoms with Crippen molar-refractivity contribution in [2.45, 2.75) is 55.6 Å². The van der Waals surface area contributed by atoms with E-state index in [9.17, 15) is 13.2 Å². The lowest BCUT2D eigenvalue weighted by Gasteiger charge is -2.34. The van der Waals surface area contributed by atoms with E-state index in [4.69, 9.17) is 4.74 Å². The molecule has 1 atom stereocenters. The summed E-state index contributed by atoms with van der Waals surface area (Å²) >= 11 is 1.29. The summed E-state index contributed by atoms with van der Waals surface area (Å²) in [4.78, 5) is 13.0. The lowest BCUT2D eigenvalue weighted by atomic mass is 10.0. The molecule has 0 saturated carbocycles. The molecule has 1 N–H and O–H groups in total. The monoisotopic (exact) mass is 553 g/mol. The van der Waals surface area contributed by atoms with Crippen molar-refractivity contribution in [3.63, 3.8) is 0 Å². The Morgan fingerprint density at radius 3 is 2.66 bits per heavy atom. The highest BCUT2D eigenvalue weighted by Gasteiger charge is 2.32. The largest absolute Gasteiger partial charge is 0.497 e. The summed E-state index contributed by atoms with van der Waals surface area (Å²) in [6.45, 7) is 4.55. The van der Waals surface area contributed by atoms with Crippen LogP contribution in [0.3, 0.4) is 0 Å². The molecule has 1 fully saturated rings. The number of anilines is 1. The van der Waals surface area contributed by atoms with Crippen molar-refractivity contribution in [1.82, 2.24) is 18.9 Å². The molecule has 0 radical (unpaired) electrons. The zero-order valence-corrected chi connectivity index (χ0v) is 23.3. The molecule has 1 aliphatic rings. The van der Waals surface area contributed by atoms with Crippen molar-refractivity contribution < 1.29 is 17.9 Å². The lowest BCUT2D eigenvalue weighted by Crippen LogP contribution is -2.43. The Hall–Kier alpha value is -3.15. The van der Waals surface area contributed by atoms with Gasteiger partial charge in [-0.1, -0.05) is 25.1 Å². The van der Waals surface area contributed by atoms with E-state index in [1.54, 1.807) is 35.7 Å². The number of piperidine rings is 1. The maximum atomic E-state index is 13.2. The number of hydrogen-bond acceptors (Lipinski definition) is 7. The van der Waals surface area contributed by atoms with Crippen LogP contribution in [0.25, 0.3) is 16.6 Å². The van der Waals surface area contributed by atoms with Crippen LogP contribution in [0.2, 0.25) is 0 Å². The number of pyridine rings is 1. The second-order valence-corrected chi connectivity index (χ2v) is 12.3. The van der Waals surface area contributed by atoms with Gasteiger partial charge in [0, 0.05) is 23.7 Å². The van der Waals surface area contributed by atoms with Crippen LogP contribution in [-0.4, -0.2) is 58.7 Å². The van der Waals surface area contributed by atoms with Gasteiger partial charge in [0.15, 0.2) is 10.8 Å². The van der Waals surface area contributed by atoms with E-state index in [0.717, 1.165) is 53.5 Å². The van der Waals surface area contributed by atoms with Gasteiger partial charge in [-0.3, -0.25) is 9.20 Å². The zero-order valence-electron chi connectivity index (χ0n) is 21.7. The Kier molecular flexibility index (Phi) is 7.60. The summed E-state index contributed by atoms with van der Waals surface area (Å²) in [5.41, 5.74) is 3.18. The third-order valence-corrected chi connectivity index (χ3v) is 9.85. The first-order valence-electron chi connectivity index (χ1n) is 12.7. The van der Waals surface area contributed by atoms with E-state index in [2.05, 4.69) is 15.5 Å². The Labute approximate surface area is 226 Å². The van der Waals surface area contributed by atoms with E-state index < -0.39 is 10.0 Å². The highest BCUT2D eigenvalue weighted by Crippen LogP contribution is 2.29. The van der Waals surface area contributed by atoms with E-state index >= 15 is 0 Å². The van der Waals surface area contributed by atoms with Gasteiger partial charge in [0.25, 0.3) is 0 Å². The molecule has 3 heterocycles. The molecule has 5 rings (SSSR count). The molecule has 0 bridgehead atoms. The first-order chi connectivity index (χ1) is 18.3. The van der Waals surface area contributed by atoms with Crippen molar-refractivity contribution in [2.24, 2.45) is 0 Å². The number of thioether (sulfide) groups is 1. The number of aromatic nitrogens is 3. The number of methoxy groups -OCH3 is 1. The molecule has 1 saturated heterocycles. The average Bonchev–Trinajstić information content (AvgIpc) is 3.37. The topological polar surface area (TPSA) is 106 Å². The molecule has 1 amide bonds. The number of benzene rings is 2. The number of ether oxygens (including phenoxy) is 1. The van der Waals surface area contributed by atoms with Gasteiger partial charge in [-0.05, 0) is 80.3 Å². The molecule has 2 aromatic heterocycles. The van der Waals surface area contributed by atoms with E-state index in [1.165, 1.54) is 11.8 Å². The summed E-state index contributed by atoms with van der Waals surface area (Å²) in [5.74, 6) is 0.666. The first-order valence-corrected chi connectivity index (χ1v) is 15.1. The highest BCUT2D eigenvalue weighted by molar-refractivity contribution is 7.99. The van der Waals surface area contributed by atoms with Crippen molar-refractivity contribution in [3.8, 4) is 5.75 Å². The van der Waals surface area contributed by atoms with Gasteiger partial charge in [-0.25, -0.2) is 8.42 Å².